The summed E-state index contributed by atoms with van der Waals surface area (Å²) in [6.45, 7) is 3.72. The zero-order valence-corrected chi connectivity index (χ0v) is 7.66. The Bertz CT molecular complexity index is 196. The summed E-state index contributed by atoms with van der Waals surface area (Å²) in [5.74, 6) is 0.929. The van der Waals surface area contributed by atoms with Crippen LogP contribution >= 0.6 is 0 Å². The minimum absolute atomic E-state index is 0.108. The standard InChI is InChI=1S/C10H16O2/c1-3-4-8-5-9(7(2)12)10(8)6-11/h3-4,8-11H,5-6H2,1-2H3/b4-3+/t8-,9+,10+/m0/s1. The number of rotatable bonds is 3. The molecule has 0 aliphatic heterocycles. The van der Waals surface area contributed by atoms with Gasteiger partial charge in [-0.3, -0.25) is 4.79 Å². The monoisotopic (exact) mass is 168 g/mol. The summed E-state index contributed by atoms with van der Waals surface area (Å²) in [7, 11) is 0. The molecular formula is C10H16O2. The van der Waals surface area contributed by atoms with Gasteiger partial charge in [0, 0.05) is 12.5 Å². The molecule has 12 heavy (non-hydrogen) atoms. The van der Waals surface area contributed by atoms with Gasteiger partial charge in [0.15, 0.2) is 0 Å². The Morgan fingerprint density at radius 3 is 2.75 bits per heavy atom. The number of aliphatic hydroxyl groups excluding tert-OH is 1. The van der Waals surface area contributed by atoms with Crippen LogP contribution in [0.5, 0.6) is 0 Å². The van der Waals surface area contributed by atoms with Crippen LogP contribution < -0.4 is 0 Å². The second-order valence-corrected chi connectivity index (χ2v) is 3.49. The SMILES string of the molecule is C/C=C/[C@H]1C[C@H](C(C)=O)[C@@H]1CO. The van der Waals surface area contributed by atoms with Crippen LogP contribution in [0, 0.1) is 17.8 Å². The molecule has 1 N–H and O–H groups in total. The molecule has 0 spiro atoms. The third-order valence-electron chi connectivity index (χ3n) is 2.77. The topological polar surface area (TPSA) is 37.3 Å². The van der Waals surface area contributed by atoms with E-state index in [-0.39, 0.29) is 24.2 Å². The Morgan fingerprint density at radius 2 is 2.33 bits per heavy atom. The van der Waals surface area contributed by atoms with Gasteiger partial charge in [0.05, 0.1) is 0 Å². The Balaban J connectivity index is 2.51. The van der Waals surface area contributed by atoms with Gasteiger partial charge in [0.25, 0.3) is 0 Å². The first-order chi connectivity index (χ1) is 5.70. The maximum atomic E-state index is 11.0. The molecule has 0 bridgehead atoms. The molecular weight excluding hydrogens is 152 g/mol. The lowest BCUT2D eigenvalue weighted by Gasteiger charge is -2.40. The van der Waals surface area contributed by atoms with E-state index in [0.29, 0.717) is 5.92 Å². The predicted octanol–water partition coefficient (Wildman–Crippen LogP) is 1.40. The van der Waals surface area contributed by atoms with Crippen molar-refractivity contribution in [2.24, 2.45) is 17.8 Å². The largest absolute Gasteiger partial charge is 0.396 e. The maximum Gasteiger partial charge on any atom is 0.133 e. The molecule has 1 aliphatic carbocycles. The number of carbonyl (C=O) groups is 1. The van der Waals surface area contributed by atoms with Crippen LogP contribution in [0.15, 0.2) is 12.2 Å². The zero-order chi connectivity index (χ0) is 9.14. The van der Waals surface area contributed by atoms with Crippen molar-refractivity contribution in [3.8, 4) is 0 Å². The molecule has 0 heterocycles. The molecule has 3 atom stereocenters. The minimum atomic E-state index is 0.108. The van der Waals surface area contributed by atoms with E-state index in [0.717, 1.165) is 6.42 Å². The van der Waals surface area contributed by atoms with Crippen molar-refractivity contribution >= 4 is 5.78 Å². The average Bonchev–Trinajstić information content (AvgIpc) is 1.97. The number of allylic oxidation sites excluding steroid dienone is 2. The molecule has 0 unspecified atom stereocenters. The molecule has 0 radical (unpaired) electrons. The molecule has 1 rings (SSSR count). The summed E-state index contributed by atoms with van der Waals surface area (Å²) in [5, 5.41) is 9.02. The quantitative estimate of drug-likeness (QED) is 0.647. The number of carbonyl (C=O) groups excluding carboxylic acids is 1. The van der Waals surface area contributed by atoms with Crippen LogP contribution in [-0.4, -0.2) is 17.5 Å². The molecule has 0 aromatic heterocycles. The zero-order valence-electron chi connectivity index (χ0n) is 7.66. The van der Waals surface area contributed by atoms with E-state index in [1.54, 1.807) is 6.92 Å². The molecule has 1 fully saturated rings. The van der Waals surface area contributed by atoms with E-state index in [9.17, 15) is 4.79 Å². The second kappa shape index (κ2) is 3.85. The van der Waals surface area contributed by atoms with Crippen LogP contribution in [0.25, 0.3) is 0 Å². The van der Waals surface area contributed by atoms with Crippen molar-refractivity contribution in [2.75, 3.05) is 6.61 Å². The summed E-state index contributed by atoms with van der Waals surface area (Å²) < 4.78 is 0. The molecule has 0 aromatic rings. The fraction of sp³-hybridized carbons (Fsp3) is 0.700. The molecule has 0 saturated heterocycles. The highest BCUT2D eigenvalue weighted by atomic mass is 16.3. The highest BCUT2D eigenvalue weighted by Crippen LogP contribution is 2.41. The first kappa shape index (κ1) is 9.46. The predicted molar refractivity (Wildman–Crippen MR) is 47.7 cm³/mol. The number of hydrogen-bond donors (Lipinski definition) is 1. The molecule has 2 heteroatoms. The summed E-state index contributed by atoms with van der Waals surface area (Å²) in [6, 6.07) is 0. The summed E-state index contributed by atoms with van der Waals surface area (Å²) in [6.07, 6.45) is 4.99. The van der Waals surface area contributed by atoms with Crippen LogP contribution in [0.1, 0.15) is 20.3 Å². The smallest absolute Gasteiger partial charge is 0.133 e. The van der Waals surface area contributed by atoms with Crippen LogP contribution in [0.4, 0.5) is 0 Å². The maximum absolute atomic E-state index is 11.0. The molecule has 0 aromatic carbocycles. The van der Waals surface area contributed by atoms with Crippen molar-refractivity contribution in [1.82, 2.24) is 0 Å². The van der Waals surface area contributed by atoms with Crippen LogP contribution in [0.3, 0.4) is 0 Å². The lowest BCUT2D eigenvalue weighted by Crippen LogP contribution is -2.41. The number of hydrogen-bond acceptors (Lipinski definition) is 2. The van der Waals surface area contributed by atoms with E-state index >= 15 is 0 Å². The highest BCUT2D eigenvalue weighted by Gasteiger charge is 2.41. The van der Waals surface area contributed by atoms with Crippen LogP contribution in [0.2, 0.25) is 0 Å². The van der Waals surface area contributed by atoms with E-state index in [4.69, 9.17) is 5.11 Å². The molecule has 0 amide bonds. The van der Waals surface area contributed by atoms with Crippen LogP contribution in [-0.2, 0) is 4.79 Å². The van der Waals surface area contributed by atoms with Gasteiger partial charge in [0.2, 0.25) is 0 Å². The molecule has 1 saturated carbocycles. The first-order valence-corrected chi connectivity index (χ1v) is 4.44. The van der Waals surface area contributed by atoms with Crippen molar-refractivity contribution in [1.29, 1.82) is 0 Å². The van der Waals surface area contributed by atoms with Gasteiger partial charge in [-0.2, -0.15) is 0 Å². The van der Waals surface area contributed by atoms with Gasteiger partial charge in [-0.25, -0.2) is 0 Å². The van der Waals surface area contributed by atoms with Crippen molar-refractivity contribution < 1.29 is 9.90 Å². The summed E-state index contributed by atoms with van der Waals surface area (Å²) >= 11 is 0. The van der Waals surface area contributed by atoms with Crippen molar-refractivity contribution in [3.05, 3.63) is 12.2 Å². The van der Waals surface area contributed by atoms with Gasteiger partial charge in [-0.05, 0) is 32.1 Å². The fourth-order valence-electron chi connectivity index (χ4n) is 1.94. The number of Topliss-reactive ketones (excluding diaryl/α,β-unsaturated/α-hetero) is 1. The van der Waals surface area contributed by atoms with E-state index in [2.05, 4.69) is 6.08 Å². The Kier molecular flexibility index (Phi) is 3.04. The highest BCUT2D eigenvalue weighted by molar-refractivity contribution is 5.79. The average molecular weight is 168 g/mol. The van der Waals surface area contributed by atoms with Gasteiger partial charge in [-0.1, -0.05) is 12.2 Å². The minimum Gasteiger partial charge on any atom is -0.396 e. The van der Waals surface area contributed by atoms with Crippen molar-refractivity contribution in [3.63, 3.8) is 0 Å². The lowest BCUT2D eigenvalue weighted by atomic mass is 9.63. The fourth-order valence-corrected chi connectivity index (χ4v) is 1.94. The summed E-state index contributed by atoms with van der Waals surface area (Å²) in [4.78, 5) is 11.0. The van der Waals surface area contributed by atoms with Gasteiger partial charge in [0.1, 0.15) is 5.78 Å². The number of ketones is 1. The van der Waals surface area contributed by atoms with Crippen molar-refractivity contribution in [2.45, 2.75) is 20.3 Å². The van der Waals surface area contributed by atoms with Gasteiger partial charge in [-0.15, -0.1) is 0 Å². The number of aliphatic hydroxyl groups is 1. The third kappa shape index (κ3) is 1.58. The Labute approximate surface area is 73.3 Å². The summed E-state index contributed by atoms with van der Waals surface area (Å²) in [5.41, 5.74) is 0. The van der Waals surface area contributed by atoms with E-state index in [1.165, 1.54) is 0 Å². The van der Waals surface area contributed by atoms with E-state index in [1.807, 2.05) is 13.0 Å². The first-order valence-electron chi connectivity index (χ1n) is 4.44. The molecule has 68 valence electrons. The van der Waals surface area contributed by atoms with E-state index < -0.39 is 0 Å². The second-order valence-electron chi connectivity index (χ2n) is 3.49. The molecule has 2 nitrogen and oxygen atoms in total. The Morgan fingerprint density at radius 1 is 1.67 bits per heavy atom. The normalized spacial score (nSPS) is 35.1. The molecule has 1 aliphatic rings. The van der Waals surface area contributed by atoms with Gasteiger partial charge < -0.3 is 5.11 Å². The Hall–Kier alpha value is -0.630. The van der Waals surface area contributed by atoms with Gasteiger partial charge >= 0.3 is 0 Å². The third-order valence-corrected chi connectivity index (χ3v) is 2.77. The lowest BCUT2D eigenvalue weighted by molar-refractivity contribution is -0.129.